The van der Waals surface area contributed by atoms with Gasteiger partial charge in [-0.2, -0.15) is 0 Å². The number of amides is 1. The molecule has 0 fully saturated rings. The van der Waals surface area contributed by atoms with E-state index in [4.69, 9.17) is 4.74 Å². The maximum Gasteiger partial charge on any atom is 0.333 e. The van der Waals surface area contributed by atoms with Gasteiger partial charge in [-0.15, -0.1) is 11.3 Å². The molecule has 110 valence electrons. The van der Waals surface area contributed by atoms with Gasteiger partial charge in [-0.25, -0.2) is 4.79 Å². The Labute approximate surface area is 127 Å². The number of carbonyl (C=O) groups excluding carboxylic acids is 2. The van der Waals surface area contributed by atoms with Gasteiger partial charge >= 0.3 is 5.97 Å². The minimum Gasteiger partial charge on any atom is -0.467 e. The van der Waals surface area contributed by atoms with Crippen LogP contribution in [0.3, 0.4) is 0 Å². The SMILES string of the molecule is COC(=O)C(NC(=O)c1ccc(C)s1)c1ccc(C)cc1. The maximum atomic E-state index is 12.2. The Morgan fingerprint density at radius 3 is 2.29 bits per heavy atom. The molecule has 0 saturated heterocycles. The van der Waals surface area contributed by atoms with Gasteiger partial charge in [-0.05, 0) is 31.5 Å². The molecule has 1 atom stereocenters. The Morgan fingerprint density at radius 2 is 1.76 bits per heavy atom. The molecule has 2 aromatic rings. The fourth-order valence-corrected chi connectivity index (χ4v) is 2.68. The molecule has 0 radical (unpaired) electrons. The molecule has 5 heteroatoms. The highest BCUT2D eigenvalue weighted by Gasteiger charge is 2.24. The maximum absolute atomic E-state index is 12.2. The summed E-state index contributed by atoms with van der Waals surface area (Å²) in [5.41, 5.74) is 1.79. The van der Waals surface area contributed by atoms with E-state index in [-0.39, 0.29) is 5.91 Å². The number of aryl methyl sites for hydroxylation is 2. The summed E-state index contributed by atoms with van der Waals surface area (Å²) in [7, 11) is 1.31. The largest absolute Gasteiger partial charge is 0.467 e. The fraction of sp³-hybridized carbons (Fsp3) is 0.250. The van der Waals surface area contributed by atoms with Gasteiger partial charge in [0.25, 0.3) is 5.91 Å². The van der Waals surface area contributed by atoms with Crippen LogP contribution in [0, 0.1) is 13.8 Å². The monoisotopic (exact) mass is 303 g/mol. The van der Waals surface area contributed by atoms with E-state index in [1.54, 1.807) is 6.07 Å². The number of carbonyl (C=O) groups is 2. The van der Waals surface area contributed by atoms with Crippen LogP contribution < -0.4 is 5.32 Å². The number of thiophene rings is 1. The van der Waals surface area contributed by atoms with Crippen LogP contribution in [0.4, 0.5) is 0 Å². The van der Waals surface area contributed by atoms with Gasteiger partial charge in [-0.3, -0.25) is 4.79 Å². The van der Waals surface area contributed by atoms with E-state index in [0.29, 0.717) is 10.4 Å². The molecule has 1 aromatic heterocycles. The lowest BCUT2D eigenvalue weighted by atomic mass is 10.1. The molecule has 0 saturated carbocycles. The Kier molecular flexibility index (Phi) is 4.75. The minimum absolute atomic E-state index is 0.274. The van der Waals surface area contributed by atoms with Crippen LogP contribution >= 0.6 is 11.3 Å². The Hall–Kier alpha value is -2.14. The van der Waals surface area contributed by atoms with E-state index >= 15 is 0 Å². The molecule has 0 aliphatic carbocycles. The summed E-state index contributed by atoms with van der Waals surface area (Å²) >= 11 is 1.39. The van der Waals surface area contributed by atoms with Crippen molar-refractivity contribution in [1.29, 1.82) is 0 Å². The first-order valence-corrected chi connectivity index (χ1v) is 7.34. The third-order valence-electron chi connectivity index (χ3n) is 3.09. The zero-order valence-electron chi connectivity index (χ0n) is 12.2. The number of hydrogen-bond donors (Lipinski definition) is 1. The summed E-state index contributed by atoms with van der Waals surface area (Å²) < 4.78 is 4.79. The summed E-state index contributed by atoms with van der Waals surface area (Å²) in [5, 5.41) is 2.73. The van der Waals surface area contributed by atoms with E-state index in [9.17, 15) is 9.59 Å². The van der Waals surface area contributed by atoms with Gasteiger partial charge in [0.2, 0.25) is 0 Å². The van der Waals surface area contributed by atoms with Crippen molar-refractivity contribution in [3.63, 3.8) is 0 Å². The molecule has 4 nitrogen and oxygen atoms in total. The normalized spacial score (nSPS) is 11.8. The molecule has 1 unspecified atom stereocenters. The van der Waals surface area contributed by atoms with Crippen LogP contribution in [0.2, 0.25) is 0 Å². The topological polar surface area (TPSA) is 55.4 Å². The van der Waals surface area contributed by atoms with Gasteiger partial charge in [0.05, 0.1) is 12.0 Å². The van der Waals surface area contributed by atoms with Crippen molar-refractivity contribution in [1.82, 2.24) is 5.32 Å². The average molecular weight is 303 g/mol. The lowest BCUT2D eigenvalue weighted by Crippen LogP contribution is -2.34. The van der Waals surface area contributed by atoms with Crippen molar-refractivity contribution < 1.29 is 14.3 Å². The first kappa shape index (κ1) is 15.3. The van der Waals surface area contributed by atoms with Crippen molar-refractivity contribution in [2.75, 3.05) is 7.11 Å². The zero-order valence-corrected chi connectivity index (χ0v) is 13.0. The number of ether oxygens (including phenoxy) is 1. The molecule has 1 heterocycles. The van der Waals surface area contributed by atoms with Gasteiger partial charge in [0, 0.05) is 4.88 Å². The van der Waals surface area contributed by atoms with Crippen LogP contribution in [-0.2, 0) is 9.53 Å². The molecule has 1 N–H and O–H groups in total. The Morgan fingerprint density at radius 1 is 1.10 bits per heavy atom. The highest BCUT2D eigenvalue weighted by Crippen LogP contribution is 2.19. The molecule has 0 spiro atoms. The third-order valence-corrected chi connectivity index (χ3v) is 4.09. The molecule has 0 aliphatic heterocycles. The predicted octanol–water partition coefficient (Wildman–Crippen LogP) is 3.01. The number of methoxy groups -OCH3 is 1. The van der Waals surface area contributed by atoms with Crippen molar-refractivity contribution in [2.24, 2.45) is 0 Å². The molecule has 1 amide bonds. The van der Waals surface area contributed by atoms with Crippen LogP contribution in [0.15, 0.2) is 36.4 Å². The lowest BCUT2D eigenvalue weighted by molar-refractivity contribution is -0.143. The first-order chi connectivity index (χ1) is 10.0. The number of benzene rings is 1. The zero-order chi connectivity index (χ0) is 15.4. The van der Waals surface area contributed by atoms with E-state index in [1.807, 2.05) is 44.2 Å². The van der Waals surface area contributed by atoms with E-state index in [0.717, 1.165) is 10.4 Å². The van der Waals surface area contributed by atoms with Crippen LogP contribution in [0.25, 0.3) is 0 Å². The quantitative estimate of drug-likeness (QED) is 0.883. The number of hydrogen-bond acceptors (Lipinski definition) is 4. The second-order valence-corrected chi connectivity index (χ2v) is 6.04. The number of rotatable bonds is 4. The summed E-state index contributed by atoms with van der Waals surface area (Å²) in [6.45, 7) is 3.89. The molecular weight excluding hydrogens is 286 g/mol. The van der Waals surface area contributed by atoms with E-state index < -0.39 is 12.0 Å². The van der Waals surface area contributed by atoms with Crippen LogP contribution in [-0.4, -0.2) is 19.0 Å². The predicted molar refractivity (Wildman–Crippen MR) is 82.5 cm³/mol. The second-order valence-electron chi connectivity index (χ2n) is 4.75. The minimum atomic E-state index is -0.800. The molecular formula is C16H17NO3S. The molecule has 21 heavy (non-hydrogen) atoms. The summed E-state index contributed by atoms with van der Waals surface area (Å²) in [6.07, 6.45) is 0. The van der Waals surface area contributed by atoms with Crippen molar-refractivity contribution >= 4 is 23.2 Å². The van der Waals surface area contributed by atoms with Crippen molar-refractivity contribution in [2.45, 2.75) is 19.9 Å². The summed E-state index contributed by atoms with van der Waals surface area (Å²) in [5.74, 6) is -0.760. The van der Waals surface area contributed by atoms with Gasteiger partial charge < -0.3 is 10.1 Å². The molecule has 0 bridgehead atoms. The molecule has 0 aliphatic rings. The second kappa shape index (κ2) is 6.54. The highest BCUT2D eigenvalue weighted by molar-refractivity contribution is 7.13. The number of esters is 1. The standard InChI is InChI=1S/C16H17NO3S/c1-10-4-7-12(8-5-10)14(16(19)20-3)17-15(18)13-9-6-11(2)21-13/h4-9,14H,1-3H3,(H,17,18). The summed E-state index contributed by atoms with van der Waals surface area (Å²) in [4.78, 5) is 25.8. The summed E-state index contributed by atoms with van der Waals surface area (Å²) in [6, 6.07) is 10.2. The van der Waals surface area contributed by atoms with Gasteiger partial charge in [0.1, 0.15) is 0 Å². The average Bonchev–Trinajstić information content (AvgIpc) is 2.91. The van der Waals surface area contributed by atoms with Gasteiger partial charge in [-0.1, -0.05) is 29.8 Å². The van der Waals surface area contributed by atoms with E-state index in [1.165, 1.54) is 18.4 Å². The first-order valence-electron chi connectivity index (χ1n) is 6.53. The third kappa shape index (κ3) is 3.70. The molecule has 2 rings (SSSR count). The van der Waals surface area contributed by atoms with Crippen LogP contribution in [0.1, 0.15) is 31.7 Å². The van der Waals surface area contributed by atoms with Crippen LogP contribution in [0.5, 0.6) is 0 Å². The van der Waals surface area contributed by atoms with E-state index in [2.05, 4.69) is 5.32 Å². The smallest absolute Gasteiger partial charge is 0.333 e. The van der Waals surface area contributed by atoms with Crippen molar-refractivity contribution in [3.05, 3.63) is 57.3 Å². The molecule has 1 aromatic carbocycles. The van der Waals surface area contributed by atoms with Gasteiger partial charge in [0.15, 0.2) is 6.04 Å². The fourth-order valence-electron chi connectivity index (χ4n) is 1.91. The van der Waals surface area contributed by atoms with Crippen molar-refractivity contribution in [3.8, 4) is 0 Å². The highest BCUT2D eigenvalue weighted by atomic mass is 32.1. The Bertz CT molecular complexity index is 646. The number of nitrogens with one attached hydrogen (secondary N) is 1. The Balaban J connectivity index is 2.23. The lowest BCUT2D eigenvalue weighted by Gasteiger charge is -2.16.